The second-order valence-corrected chi connectivity index (χ2v) is 6.62. The summed E-state index contributed by atoms with van der Waals surface area (Å²) in [5.74, 6) is 0.218. The molecule has 1 atom stereocenters. The molecule has 0 saturated carbocycles. The molecule has 2 fully saturated rings. The first-order valence-corrected chi connectivity index (χ1v) is 8.21. The highest BCUT2D eigenvalue weighted by Crippen LogP contribution is 2.27. The Hall–Kier alpha value is -0.610. The van der Waals surface area contributed by atoms with E-state index in [2.05, 4.69) is 25.7 Å². The minimum absolute atomic E-state index is 0.155. The molecule has 4 heteroatoms. The van der Waals surface area contributed by atoms with Crippen molar-refractivity contribution in [2.45, 2.75) is 52.6 Å². The van der Waals surface area contributed by atoms with Crippen molar-refractivity contribution in [2.75, 3.05) is 39.3 Å². The highest BCUT2D eigenvalue weighted by atomic mass is 16.5. The SMILES string of the molecule is CCC(C)(CC)CN1CCN(C(=O)C2CCCO2)CC1. The lowest BCUT2D eigenvalue weighted by atomic mass is 9.84. The van der Waals surface area contributed by atoms with Gasteiger partial charge in [-0.1, -0.05) is 20.8 Å². The molecule has 2 heterocycles. The van der Waals surface area contributed by atoms with E-state index in [0.29, 0.717) is 5.41 Å². The van der Waals surface area contributed by atoms with E-state index in [1.807, 2.05) is 4.90 Å². The summed E-state index contributed by atoms with van der Waals surface area (Å²) in [6, 6.07) is 0. The monoisotopic (exact) mass is 282 g/mol. The van der Waals surface area contributed by atoms with Crippen LogP contribution in [0.15, 0.2) is 0 Å². The van der Waals surface area contributed by atoms with Crippen LogP contribution >= 0.6 is 0 Å². The van der Waals surface area contributed by atoms with Gasteiger partial charge in [-0.15, -0.1) is 0 Å². The summed E-state index contributed by atoms with van der Waals surface area (Å²) in [6.07, 6.45) is 4.22. The van der Waals surface area contributed by atoms with Crippen molar-refractivity contribution >= 4 is 5.91 Å². The molecule has 0 radical (unpaired) electrons. The van der Waals surface area contributed by atoms with Crippen LogP contribution in [0.3, 0.4) is 0 Å². The molecule has 4 nitrogen and oxygen atoms in total. The van der Waals surface area contributed by atoms with Gasteiger partial charge in [0.15, 0.2) is 0 Å². The van der Waals surface area contributed by atoms with Crippen LogP contribution in [0.5, 0.6) is 0 Å². The fourth-order valence-corrected chi connectivity index (χ4v) is 3.12. The van der Waals surface area contributed by atoms with Gasteiger partial charge >= 0.3 is 0 Å². The van der Waals surface area contributed by atoms with Crippen molar-refractivity contribution in [1.29, 1.82) is 0 Å². The van der Waals surface area contributed by atoms with Crippen LogP contribution in [-0.4, -0.2) is 61.1 Å². The van der Waals surface area contributed by atoms with E-state index in [1.165, 1.54) is 12.8 Å². The van der Waals surface area contributed by atoms with Gasteiger partial charge in [0, 0.05) is 39.3 Å². The molecule has 0 aliphatic carbocycles. The number of nitrogens with zero attached hydrogens (tertiary/aromatic N) is 2. The number of hydrogen-bond donors (Lipinski definition) is 0. The van der Waals surface area contributed by atoms with Crippen molar-refractivity contribution in [3.05, 3.63) is 0 Å². The number of carbonyl (C=O) groups excluding carboxylic acids is 1. The van der Waals surface area contributed by atoms with Gasteiger partial charge in [-0.3, -0.25) is 9.69 Å². The van der Waals surface area contributed by atoms with E-state index in [4.69, 9.17) is 4.74 Å². The van der Waals surface area contributed by atoms with E-state index >= 15 is 0 Å². The maximum absolute atomic E-state index is 12.3. The minimum atomic E-state index is -0.155. The molecule has 1 amide bonds. The molecule has 2 saturated heterocycles. The third kappa shape index (κ3) is 3.73. The summed E-state index contributed by atoms with van der Waals surface area (Å²) in [7, 11) is 0. The summed E-state index contributed by atoms with van der Waals surface area (Å²) in [4.78, 5) is 16.8. The molecule has 2 rings (SSSR count). The minimum Gasteiger partial charge on any atom is -0.368 e. The van der Waals surface area contributed by atoms with E-state index in [-0.39, 0.29) is 12.0 Å². The first kappa shape index (κ1) is 15.8. The van der Waals surface area contributed by atoms with Gasteiger partial charge < -0.3 is 9.64 Å². The molecular weight excluding hydrogens is 252 g/mol. The van der Waals surface area contributed by atoms with Gasteiger partial charge in [0.2, 0.25) is 0 Å². The van der Waals surface area contributed by atoms with Gasteiger partial charge in [-0.2, -0.15) is 0 Å². The molecule has 0 aromatic heterocycles. The first-order valence-electron chi connectivity index (χ1n) is 8.21. The number of rotatable bonds is 5. The average molecular weight is 282 g/mol. The van der Waals surface area contributed by atoms with Crippen LogP contribution in [-0.2, 0) is 9.53 Å². The summed E-state index contributed by atoms with van der Waals surface area (Å²) in [5.41, 5.74) is 0.417. The van der Waals surface area contributed by atoms with Crippen molar-refractivity contribution < 1.29 is 9.53 Å². The second-order valence-electron chi connectivity index (χ2n) is 6.62. The Bertz CT molecular complexity index is 314. The number of piperazine rings is 1. The van der Waals surface area contributed by atoms with Crippen LogP contribution < -0.4 is 0 Å². The summed E-state index contributed by atoms with van der Waals surface area (Å²) in [5, 5.41) is 0. The second kappa shape index (κ2) is 6.90. The third-order valence-corrected chi connectivity index (χ3v) is 5.20. The predicted molar refractivity (Wildman–Crippen MR) is 80.7 cm³/mol. The third-order valence-electron chi connectivity index (χ3n) is 5.20. The molecule has 0 spiro atoms. The van der Waals surface area contributed by atoms with Crippen molar-refractivity contribution in [3.8, 4) is 0 Å². The topological polar surface area (TPSA) is 32.8 Å². The summed E-state index contributed by atoms with van der Waals surface area (Å²) >= 11 is 0. The van der Waals surface area contributed by atoms with Gasteiger partial charge in [-0.05, 0) is 31.1 Å². The zero-order chi connectivity index (χ0) is 14.6. The van der Waals surface area contributed by atoms with Crippen molar-refractivity contribution in [1.82, 2.24) is 9.80 Å². The Kier molecular flexibility index (Phi) is 5.44. The number of ether oxygens (including phenoxy) is 1. The molecule has 0 N–H and O–H groups in total. The average Bonchev–Trinajstić information content (AvgIpc) is 3.01. The van der Waals surface area contributed by atoms with E-state index in [9.17, 15) is 4.79 Å². The maximum Gasteiger partial charge on any atom is 0.251 e. The lowest BCUT2D eigenvalue weighted by molar-refractivity contribution is -0.142. The van der Waals surface area contributed by atoms with Crippen LogP contribution in [0, 0.1) is 5.41 Å². The largest absolute Gasteiger partial charge is 0.368 e. The fraction of sp³-hybridized carbons (Fsp3) is 0.938. The van der Waals surface area contributed by atoms with Gasteiger partial charge in [0.1, 0.15) is 6.10 Å². The molecule has 2 aliphatic rings. The van der Waals surface area contributed by atoms with Gasteiger partial charge in [0.05, 0.1) is 0 Å². The Balaban J connectivity index is 1.78. The predicted octanol–water partition coefficient (Wildman–Crippen LogP) is 2.14. The maximum atomic E-state index is 12.3. The highest BCUT2D eigenvalue weighted by molar-refractivity contribution is 5.81. The molecule has 20 heavy (non-hydrogen) atoms. The Morgan fingerprint density at radius 3 is 2.35 bits per heavy atom. The lowest BCUT2D eigenvalue weighted by Crippen LogP contribution is -2.53. The highest BCUT2D eigenvalue weighted by Gasteiger charge is 2.31. The zero-order valence-electron chi connectivity index (χ0n) is 13.4. The quantitative estimate of drug-likeness (QED) is 0.774. The fourth-order valence-electron chi connectivity index (χ4n) is 3.12. The van der Waals surface area contributed by atoms with E-state index in [0.717, 1.165) is 52.2 Å². The number of amides is 1. The van der Waals surface area contributed by atoms with Crippen LogP contribution in [0.25, 0.3) is 0 Å². The Labute approximate surface area is 123 Å². The van der Waals surface area contributed by atoms with Crippen LogP contribution in [0.1, 0.15) is 46.5 Å². The van der Waals surface area contributed by atoms with Crippen molar-refractivity contribution in [2.24, 2.45) is 5.41 Å². The lowest BCUT2D eigenvalue weighted by Gasteiger charge is -2.40. The normalized spacial score (nSPS) is 25.1. The number of hydrogen-bond acceptors (Lipinski definition) is 3. The smallest absolute Gasteiger partial charge is 0.251 e. The first-order chi connectivity index (χ1) is 9.58. The van der Waals surface area contributed by atoms with E-state index in [1.54, 1.807) is 0 Å². The zero-order valence-corrected chi connectivity index (χ0v) is 13.4. The van der Waals surface area contributed by atoms with E-state index < -0.39 is 0 Å². The van der Waals surface area contributed by atoms with Gasteiger partial charge in [-0.25, -0.2) is 0 Å². The molecule has 0 bridgehead atoms. The van der Waals surface area contributed by atoms with Crippen LogP contribution in [0.2, 0.25) is 0 Å². The van der Waals surface area contributed by atoms with Crippen molar-refractivity contribution in [3.63, 3.8) is 0 Å². The molecule has 1 unspecified atom stereocenters. The summed E-state index contributed by atoms with van der Waals surface area (Å²) < 4.78 is 5.51. The molecule has 116 valence electrons. The van der Waals surface area contributed by atoms with Gasteiger partial charge in [0.25, 0.3) is 5.91 Å². The Morgan fingerprint density at radius 1 is 1.20 bits per heavy atom. The molecule has 2 aliphatic heterocycles. The van der Waals surface area contributed by atoms with Crippen LogP contribution in [0.4, 0.5) is 0 Å². The standard InChI is InChI=1S/C16H30N2O2/c1-4-16(3,5-2)13-17-8-10-18(11-9-17)15(19)14-7-6-12-20-14/h14H,4-13H2,1-3H3. The molecule has 0 aromatic rings. The summed E-state index contributed by atoms with van der Waals surface area (Å²) in [6.45, 7) is 12.6. The molecular formula is C16H30N2O2. The molecule has 0 aromatic carbocycles. The number of carbonyl (C=O) groups is 1. The Morgan fingerprint density at radius 2 is 1.85 bits per heavy atom.